The largest absolute Gasteiger partial charge is 0.0885 e. The first-order valence-corrected chi connectivity index (χ1v) is 6.86. The molecule has 1 radical (unpaired) electrons. The minimum Gasteiger partial charge on any atom is -0.0885 e. The Bertz CT molecular complexity index is 124. The van der Waals surface area contributed by atoms with Crippen molar-refractivity contribution in [2.45, 2.75) is 77.6 Å². The van der Waals surface area contributed by atoms with Crippen LogP contribution in [0.1, 0.15) is 77.6 Å². The van der Waals surface area contributed by atoms with Crippen LogP contribution in [0.15, 0.2) is 12.2 Å². The highest BCUT2D eigenvalue weighted by Crippen LogP contribution is 2.07. The van der Waals surface area contributed by atoms with Gasteiger partial charge in [0.05, 0.1) is 0 Å². The molecule has 89 valence electrons. The third kappa shape index (κ3) is 13.7. The Morgan fingerprint density at radius 1 is 0.733 bits per heavy atom. The topological polar surface area (TPSA) is 0 Å². The van der Waals surface area contributed by atoms with Crippen LogP contribution in [0.3, 0.4) is 0 Å². The van der Waals surface area contributed by atoms with Crippen LogP contribution in [-0.2, 0) is 0 Å². The molecular formula is C15H29. The highest BCUT2D eigenvalue weighted by atomic mass is 13.9. The lowest BCUT2D eigenvalue weighted by atomic mass is 10.1. The molecule has 15 heavy (non-hydrogen) atoms. The molecule has 0 aliphatic heterocycles. The van der Waals surface area contributed by atoms with Crippen molar-refractivity contribution in [1.82, 2.24) is 0 Å². The van der Waals surface area contributed by atoms with Gasteiger partial charge in [0.2, 0.25) is 0 Å². The third-order valence-corrected chi connectivity index (χ3v) is 2.76. The maximum Gasteiger partial charge on any atom is -0.0351 e. The van der Waals surface area contributed by atoms with Gasteiger partial charge in [0.25, 0.3) is 0 Å². The monoisotopic (exact) mass is 209 g/mol. The summed E-state index contributed by atoms with van der Waals surface area (Å²) in [4.78, 5) is 0. The van der Waals surface area contributed by atoms with Gasteiger partial charge in [-0.1, -0.05) is 70.9 Å². The first-order chi connectivity index (χ1) is 7.41. The molecule has 0 saturated carbocycles. The normalized spacial score (nSPS) is 11.3. The van der Waals surface area contributed by atoms with Crippen molar-refractivity contribution < 1.29 is 0 Å². The molecule has 0 bridgehead atoms. The van der Waals surface area contributed by atoms with Gasteiger partial charge in [-0.3, -0.25) is 0 Å². The average molecular weight is 209 g/mol. The van der Waals surface area contributed by atoms with Crippen LogP contribution in [0.5, 0.6) is 0 Å². The minimum absolute atomic E-state index is 1.09. The summed E-state index contributed by atoms with van der Waals surface area (Å²) in [6, 6.07) is 0. The number of rotatable bonds is 11. The Balaban J connectivity index is 2.96. The van der Waals surface area contributed by atoms with E-state index in [1.807, 2.05) is 0 Å². The number of hydrogen-bond donors (Lipinski definition) is 0. The van der Waals surface area contributed by atoms with Crippen LogP contribution in [0.4, 0.5) is 0 Å². The van der Waals surface area contributed by atoms with Crippen LogP contribution < -0.4 is 0 Å². The van der Waals surface area contributed by atoms with E-state index < -0.39 is 0 Å². The van der Waals surface area contributed by atoms with Crippen molar-refractivity contribution in [3.63, 3.8) is 0 Å². The summed E-state index contributed by atoms with van der Waals surface area (Å²) in [6.45, 7) is 6.12. The highest BCUT2D eigenvalue weighted by molar-refractivity contribution is 4.81. The molecule has 0 aliphatic rings. The maximum atomic E-state index is 3.84. The van der Waals surface area contributed by atoms with Crippen molar-refractivity contribution in [2.75, 3.05) is 0 Å². The first-order valence-electron chi connectivity index (χ1n) is 6.86. The van der Waals surface area contributed by atoms with Gasteiger partial charge in [-0.15, -0.1) is 0 Å². The molecule has 0 unspecified atom stereocenters. The van der Waals surface area contributed by atoms with E-state index in [0.717, 1.165) is 6.42 Å². The van der Waals surface area contributed by atoms with Crippen molar-refractivity contribution in [3.8, 4) is 0 Å². The van der Waals surface area contributed by atoms with Gasteiger partial charge < -0.3 is 0 Å². The molecule has 0 saturated heterocycles. The van der Waals surface area contributed by atoms with Gasteiger partial charge in [0.15, 0.2) is 0 Å². The SMILES string of the molecule is [CH2]CCCC/C=C/CCCCCCCC. The van der Waals surface area contributed by atoms with Gasteiger partial charge in [-0.2, -0.15) is 0 Å². The van der Waals surface area contributed by atoms with Gasteiger partial charge in [0.1, 0.15) is 0 Å². The predicted molar refractivity (Wildman–Crippen MR) is 71.0 cm³/mol. The molecule has 0 heteroatoms. The summed E-state index contributed by atoms with van der Waals surface area (Å²) >= 11 is 0. The van der Waals surface area contributed by atoms with Crippen LogP contribution in [0, 0.1) is 6.92 Å². The highest BCUT2D eigenvalue weighted by Gasteiger charge is 1.88. The summed E-state index contributed by atoms with van der Waals surface area (Å²) < 4.78 is 0. The molecule has 0 aliphatic carbocycles. The van der Waals surface area contributed by atoms with E-state index in [1.165, 1.54) is 64.2 Å². The van der Waals surface area contributed by atoms with Crippen molar-refractivity contribution in [2.24, 2.45) is 0 Å². The second kappa shape index (κ2) is 13.7. The smallest absolute Gasteiger partial charge is 0.0351 e. The van der Waals surface area contributed by atoms with Gasteiger partial charge in [-0.25, -0.2) is 0 Å². The zero-order valence-corrected chi connectivity index (χ0v) is 10.6. The number of allylic oxidation sites excluding steroid dienone is 2. The van der Waals surface area contributed by atoms with Crippen molar-refractivity contribution in [3.05, 3.63) is 19.1 Å². The summed E-state index contributed by atoms with van der Waals surface area (Å²) in [5.41, 5.74) is 0. The second-order valence-electron chi connectivity index (χ2n) is 4.38. The predicted octanol–water partition coefficient (Wildman–Crippen LogP) is 5.69. The lowest BCUT2D eigenvalue weighted by molar-refractivity contribution is 0.611. The molecule has 0 amide bonds. The van der Waals surface area contributed by atoms with Crippen LogP contribution in [0.25, 0.3) is 0 Å². The Morgan fingerprint density at radius 2 is 1.27 bits per heavy atom. The number of hydrogen-bond acceptors (Lipinski definition) is 0. The number of unbranched alkanes of at least 4 members (excludes halogenated alkanes) is 9. The fraction of sp³-hybridized carbons (Fsp3) is 0.800. The van der Waals surface area contributed by atoms with E-state index >= 15 is 0 Å². The van der Waals surface area contributed by atoms with Crippen LogP contribution >= 0.6 is 0 Å². The molecule has 0 aromatic rings. The van der Waals surface area contributed by atoms with Gasteiger partial charge >= 0.3 is 0 Å². The Morgan fingerprint density at radius 3 is 1.87 bits per heavy atom. The van der Waals surface area contributed by atoms with E-state index in [-0.39, 0.29) is 0 Å². The van der Waals surface area contributed by atoms with E-state index in [9.17, 15) is 0 Å². The van der Waals surface area contributed by atoms with Crippen molar-refractivity contribution in [1.29, 1.82) is 0 Å². The third-order valence-electron chi connectivity index (χ3n) is 2.76. The second-order valence-corrected chi connectivity index (χ2v) is 4.38. The summed E-state index contributed by atoms with van der Waals surface area (Å²) in [7, 11) is 0. The molecule has 0 aromatic carbocycles. The summed E-state index contributed by atoms with van der Waals surface area (Å²) in [6.07, 6.45) is 19.4. The van der Waals surface area contributed by atoms with E-state index in [2.05, 4.69) is 26.0 Å². The van der Waals surface area contributed by atoms with E-state index in [1.54, 1.807) is 0 Å². The van der Waals surface area contributed by atoms with E-state index in [4.69, 9.17) is 0 Å². The zero-order chi connectivity index (χ0) is 11.2. The Kier molecular flexibility index (Phi) is 13.5. The van der Waals surface area contributed by atoms with Gasteiger partial charge in [0, 0.05) is 0 Å². The Labute approximate surface area is 97.2 Å². The molecule has 0 fully saturated rings. The average Bonchev–Trinajstić information content (AvgIpc) is 2.26. The van der Waals surface area contributed by atoms with Crippen LogP contribution in [0.2, 0.25) is 0 Å². The van der Waals surface area contributed by atoms with Crippen LogP contribution in [-0.4, -0.2) is 0 Å². The molecule has 0 aromatic heterocycles. The summed E-state index contributed by atoms with van der Waals surface area (Å²) in [5.74, 6) is 0. The quantitative estimate of drug-likeness (QED) is 0.303. The fourth-order valence-corrected chi connectivity index (χ4v) is 1.72. The molecule has 0 rings (SSSR count). The fourth-order valence-electron chi connectivity index (χ4n) is 1.72. The maximum absolute atomic E-state index is 3.84. The van der Waals surface area contributed by atoms with Gasteiger partial charge in [-0.05, 0) is 25.7 Å². The molecule has 0 N–H and O–H groups in total. The summed E-state index contributed by atoms with van der Waals surface area (Å²) in [5, 5.41) is 0. The molecule has 0 nitrogen and oxygen atoms in total. The molecule has 0 heterocycles. The Hall–Kier alpha value is -0.260. The van der Waals surface area contributed by atoms with Crippen molar-refractivity contribution >= 4 is 0 Å². The lowest BCUT2D eigenvalue weighted by Gasteiger charge is -1.97. The first kappa shape index (κ1) is 14.7. The van der Waals surface area contributed by atoms with E-state index in [0.29, 0.717) is 0 Å². The lowest BCUT2D eigenvalue weighted by Crippen LogP contribution is -1.77. The molecule has 0 atom stereocenters. The molecule has 0 spiro atoms. The zero-order valence-electron chi connectivity index (χ0n) is 10.6. The standard InChI is InChI=1S/C15H29/c1-3-5-7-9-11-13-15-14-12-10-8-6-4-2/h11,13H,1,3-10,12,14-15H2,2H3/b13-11+. The molecular weight excluding hydrogens is 180 g/mol. The minimum atomic E-state index is 1.09.